The second kappa shape index (κ2) is 5.04. The number of allylic oxidation sites excluding steroid dienone is 3. The highest BCUT2D eigenvalue weighted by Crippen LogP contribution is 1.79. The smallest absolute Gasteiger partial charge is 0.0158 e. The standard InChI is InChI=1S/C7H8/c1-3-5-7-6-4-2/h1,4-5,7H,2,6H2. The molecule has 0 atom stereocenters. The van der Waals surface area contributed by atoms with Crippen molar-refractivity contribution in [1.29, 1.82) is 0 Å². The summed E-state index contributed by atoms with van der Waals surface area (Å²) >= 11 is 0. The van der Waals surface area contributed by atoms with Crippen molar-refractivity contribution in [3.05, 3.63) is 24.8 Å². The molecule has 0 bridgehead atoms. The van der Waals surface area contributed by atoms with Gasteiger partial charge in [-0.05, 0) is 12.5 Å². The number of terminal acetylenes is 1. The van der Waals surface area contributed by atoms with E-state index in [1.807, 2.05) is 6.08 Å². The Bertz CT molecular complexity index is 102. The van der Waals surface area contributed by atoms with E-state index in [0.29, 0.717) is 0 Å². The molecular formula is C7H8. The SMILES string of the molecule is C#CC=CCC=C. The average molecular weight is 92.1 g/mol. The van der Waals surface area contributed by atoms with E-state index in [2.05, 4.69) is 12.5 Å². The van der Waals surface area contributed by atoms with Gasteiger partial charge < -0.3 is 0 Å². The fourth-order valence-electron chi connectivity index (χ4n) is 0.232. The topological polar surface area (TPSA) is 0 Å². The van der Waals surface area contributed by atoms with Gasteiger partial charge in [0.25, 0.3) is 0 Å². The maximum atomic E-state index is 4.90. The van der Waals surface area contributed by atoms with Crippen LogP contribution in [0.5, 0.6) is 0 Å². The third-order valence-corrected chi connectivity index (χ3v) is 0.517. The lowest BCUT2D eigenvalue weighted by atomic mass is 10.4. The van der Waals surface area contributed by atoms with Crippen molar-refractivity contribution in [3.8, 4) is 12.3 Å². The Hall–Kier alpha value is -0.960. The largest absolute Gasteiger partial charge is 0.115 e. The zero-order valence-electron chi connectivity index (χ0n) is 4.22. The summed E-state index contributed by atoms with van der Waals surface area (Å²) in [5.41, 5.74) is 0. The molecule has 0 saturated carbocycles. The fraction of sp³-hybridized carbons (Fsp3) is 0.143. The zero-order chi connectivity index (χ0) is 5.54. The van der Waals surface area contributed by atoms with Crippen molar-refractivity contribution in [2.24, 2.45) is 0 Å². The molecule has 0 N–H and O–H groups in total. The molecular weight excluding hydrogens is 84.1 g/mol. The maximum Gasteiger partial charge on any atom is -0.0158 e. The molecule has 0 rings (SSSR count). The molecule has 36 valence electrons. The zero-order valence-corrected chi connectivity index (χ0v) is 4.22. The monoisotopic (exact) mass is 92.1 g/mol. The lowest BCUT2D eigenvalue weighted by Gasteiger charge is -1.69. The molecule has 0 unspecified atom stereocenters. The molecule has 0 nitrogen and oxygen atoms in total. The van der Waals surface area contributed by atoms with Crippen molar-refractivity contribution in [1.82, 2.24) is 0 Å². The van der Waals surface area contributed by atoms with E-state index in [-0.39, 0.29) is 0 Å². The molecule has 0 aromatic rings. The van der Waals surface area contributed by atoms with E-state index in [9.17, 15) is 0 Å². The van der Waals surface area contributed by atoms with E-state index >= 15 is 0 Å². The highest BCUT2D eigenvalue weighted by atomic mass is 13.7. The van der Waals surface area contributed by atoms with Gasteiger partial charge in [0.05, 0.1) is 0 Å². The first kappa shape index (κ1) is 6.04. The van der Waals surface area contributed by atoms with E-state index in [4.69, 9.17) is 6.42 Å². The predicted octanol–water partition coefficient (Wildman–Crippen LogP) is 1.75. The minimum atomic E-state index is 0.865. The van der Waals surface area contributed by atoms with Crippen LogP contribution in [0.15, 0.2) is 24.8 Å². The van der Waals surface area contributed by atoms with Crippen molar-refractivity contribution >= 4 is 0 Å². The fourth-order valence-corrected chi connectivity index (χ4v) is 0.232. The normalized spacial score (nSPS) is 8.43. The highest BCUT2D eigenvalue weighted by Gasteiger charge is 1.60. The first-order valence-corrected chi connectivity index (χ1v) is 2.14. The van der Waals surface area contributed by atoms with Crippen LogP contribution in [0, 0.1) is 12.3 Å². The van der Waals surface area contributed by atoms with Crippen LogP contribution in [-0.4, -0.2) is 0 Å². The molecule has 0 aliphatic heterocycles. The van der Waals surface area contributed by atoms with Gasteiger partial charge >= 0.3 is 0 Å². The van der Waals surface area contributed by atoms with Crippen LogP contribution in [-0.2, 0) is 0 Å². The van der Waals surface area contributed by atoms with E-state index < -0.39 is 0 Å². The summed E-state index contributed by atoms with van der Waals surface area (Å²) in [6, 6.07) is 0. The van der Waals surface area contributed by atoms with E-state index in [0.717, 1.165) is 6.42 Å². The predicted molar refractivity (Wildman–Crippen MR) is 32.8 cm³/mol. The maximum absolute atomic E-state index is 4.90. The summed E-state index contributed by atoms with van der Waals surface area (Å²) in [5.74, 6) is 2.37. The number of hydrogen-bond donors (Lipinski definition) is 0. The van der Waals surface area contributed by atoms with Crippen LogP contribution >= 0.6 is 0 Å². The second-order valence-corrected chi connectivity index (χ2v) is 1.09. The first-order valence-electron chi connectivity index (χ1n) is 2.14. The summed E-state index contributed by atoms with van der Waals surface area (Å²) in [6.07, 6.45) is 11.1. The quantitative estimate of drug-likeness (QED) is 0.359. The van der Waals surface area contributed by atoms with Gasteiger partial charge in [0, 0.05) is 0 Å². The van der Waals surface area contributed by atoms with E-state index in [1.54, 1.807) is 12.2 Å². The van der Waals surface area contributed by atoms with Crippen molar-refractivity contribution in [2.45, 2.75) is 6.42 Å². The van der Waals surface area contributed by atoms with Gasteiger partial charge in [-0.3, -0.25) is 0 Å². The lowest BCUT2D eigenvalue weighted by molar-refractivity contribution is 1.41. The van der Waals surface area contributed by atoms with Crippen molar-refractivity contribution < 1.29 is 0 Å². The van der Waals surface area contributed by atoms with Gasteiger partial charge in [0.2, 0.25) is 0 Å². The van der Waals surface area contributed by atoms with Crippen molar-refractivity contribution in [3.63, 3.8) is 0 Å². The van der Waals surface area contributed by atoms with Crippen molar-refractivity contribution in [2.75, 3.05) is 0 Å². The van der Waals surface area contributed by atoms with Gasteiger partial charge in [-0.2, -0.15) is 0 Å². The molecule has 0 amide bonds. The minimum absolute atomic E-state index is 0.865. The van der Waals surface area contributed by atoms with Crippen LogP contribution in [0.4, 0.5) is 0 Å². The molecule has 0 radical (unpaired) electrons. The number of hydrogen-bond acceptors (Lipinski definition) is 0. The summed E-state index contributed by atoms with van der Waals surface area (Å²) in [6.45, 7) is 3.51. The van der Waals surface area contributed by atoms with Gasteiger partial charge in [0.15, 0.2) is 0 Å². The number of rotatable bonds is 2. The molecule has 0 fully saturated rings. The molecule has 0 aromatic heterocycles. The molecule has 0 aliphatic rings. The molecule has 0 aromatic carbocycles. The minimum Gasteiger partial charge on any atom is -0.115 e. The third kappa shape index (κ3) is 5.04. The molecule has 0 aliphatic carbocycles. The first-order chi connectivity index (χ1) is 3.41. The highest BCUT2D eigenvalue weighted by molar-refractivity contribution is 5.09. The average Bonchev–Trinajstić information content (AvgIpc) is 1.69. The van der Waals surface area contributed by atoms with Crippen LogP contribution in [0.3, 0.4) is 0 Å². The molecule has 0 saturated heterocycles. The van der Waals surface area contributed by atoms with Gasteiger partial charge in [0.1, 0.15) is 0 Å². The van der Waals surface area contributed by atoms with Gasteiger partial charge in [-0.15, -0.1) is 13.0 Å². The van der Waals surface area contributed by atoms with E-state index in [1.165, 1.54) is 0 Å². The second-order valence-electron chi connectivity index (χ2n) is 1.09. The van der Waals surface area contributed by atoms with Crippen LogP contribution in [0.25, 0.3) is 0 Å². The lowest BCUT2D eigenvalue weighted by Crippen LogP contribution is -1.50. The Morgan fingerprint density at radius 1 is 1.71 bits per heavy atom. The molecule has 0 heteroatoms. The van der Waals surface area contributed by atoms with Crippen LogP contribution < -0.4 is 0 Å². The third-order valence-electron chi connectivity index (χ3n) is 0.517. The molecule has 0 heterocycles. The summed E-state index contributed by atoms with van der Waals surface area (Å²) in [4.78, 5) is 0. The van der Waals surface area contributed by atoms with Gasteiger partial charge in [-0.25, -0.2) is 0 Å². The Morgan fingerprint density at radius 3 is 2.86 bits per heavy atom. The van der Waals surface area contributed by atoms with Gasteiger partial charge in [-0.1, -0.05) is 18.1 Å². The van der Waals surface area contributed by atoms with Crippen LogP contribution in [0.1, 0.15) is 6.42 Å². The Labute approximate surface area is 44.5 Å². The molecule has 7 heavy (non-hydrogen) atoms. The summed E-state index contributed by atoms with van der Waals surface area (Å²) in [5, 5.41) is 0. The summed E-state index contributed by atoms with van der Waals surface area (Å²) < 4.78 is 0. The Kier molecular flexibility index (Phi) is 4.35. The van der Waals surface area contributed by atoms with Crippen LogP contribution in [0.2, 0.25) is 0 Å². The Morgan fingerprint density at radius 2 is 2.43 bits per heavy atom. The Balaban J connectivity index is 3.14. The molecule has 0 spiro atoms. The summed E-state index contributed by atoms with van der Waals surface area (Å²) in [7, 11) is 0.